The normalized spacial score (nSPS) is 10.5. The molecule has 0 aromatic heterocycles. The number of benzene rings is 2. The Balaban J connectivity index is 2.56. The predicted molar refractivity (Wildman–Crippen MR) is 78.9 cm³/mol. The topological polar surface area (TPSA) is 37.3 Å². The molecule has 2 nitrogen and oxygen atoms in total. The lowest BCUT2D eigenvalue weighted by molar-refractivity contribution is 0.0697. The molecule has 0 amide bonds. The average molecular weight is 336 g/mol. The van der Waals surface area contributed by atoms with E-state index in [2.05, 4.69) is 0 Å². The van der Waals surface area contributed by atoms with Crippen LogP contribution in [0.15, 0.2) is 30.3 Å². The standard InChI is InChI=1S/C13H6Cl4O2/c14-9-3-6(13(18)19)1-2-8(9)7-4-10(15)12(17)11(16)5-7/h1-5H,(H,18,19). The minimum absolute atomic E-state index is 0.111. The summed E-state index contributed by atoms with van der Waals surface area (Å²) in [6.07, 6.45) is 0. The molecule has 0 unspecified atom stereocenters. The molecule has 6 heteroatoms. The van der Waals surface area contributed by atoms with Crippen molar-refractivity contribution in [1.29, 1.82) is 0 Å². The number of carboxylic acid groups (broad SMARTS) is 1. The van der Waals surface area contributed by atoms with Crippen LogP contribution in [0, 0.1) is 0 Å². The fourth-order valence-corrected chi connectivity index (χ4v) is 2.48. The molecule has 0 heterocycles. The number of rotatable bonds is 2. The van der Waals surface area contributed by atoms with E-state index in [-0.39, 0.29) is 10.6 Å². The van der Waals surface area contributed by atoms with Crippen molar-refractivity contribution in [3.8, 4) is 11.1 Å². The van der Waals surface area contributed by atoms with Gasteiger partial charge in [-0.05, 0) is 29.8 Å². The van der Waals surface area contributed by atoms with Crippen LogP contribution in [0.25, 0.3) is 11.1 Å². The van der Waals surface area contributed by atoms with Gasteiger partial charge in [-0.15, -0.1) is 0 Å². The van der Waals surface area contributed by atoms with Gasteiger partial charge in [0.1, 0.15) is 0 Å². The molecule has 0 radical (unpaired) electrons. The SMILES string of the molecule is O=C(O)c1ccc(-c2cc(Cl)c(Cl)c(Cl)c2)c(Cl)c1. The number of carboxylic acids is 1. The zero-order chi connectivity index (χ0) is 14.2. The molecule has 19 heavy (non-hydrogen) atoms. The number of aromatic carboxylic acids is 1. The summed E-state index contributed by atoms with van der Waals surface area (Å²) in [6.45, 7) is 0. The van der Waals surface area contributed by atoms with Crippen molar-refractivity contribution in [2.75, 3.05) is 0 Å². The maximum absolute atomic E-state index is 10.8. The van der Waals surface area contributed by atoms with Crippen molar-refractivity contribution in [3.05, 3.63) is 56.0 Å². The Morgan fingerprint density at radius 3 is 1.95 bits per heavy atom. The van der Waals surface area contributed by atoms with Crippen LogP contribution in [0.2, 0.25) is 20.1 Å². The molecular formula is C13H6Cl4O2. The van der Waals surface area contributed by atoms with Crippen LogP contribution < -0.4 is 0 Å². The Bertz CT molecular complexity index is 645. The molecule has 1 N–H and O–H groups in total. The van der Waals surface area contributed by atoms with Crippen molar-refractivity contribution < 1.29 is 9.90 Å². The first-order valence-corrected chi connectivity index (χ1v) is 6.59. The van der Waals surface area contributed by atoms with Crippen molar-refractivity contribution in [1.82, 2.24) is 0 Å². The molecule has 0 aliphatic heterocycles. The van der Waals surface area contributed by atoms with Gasteiger partial charge in [0.05, 0.1) is 20.6 Å². The quantitative estimate of drug-likeness (QED) is 0.718. The van der Waals surface area contributed by atoms with Gasteiger partial charge < -0.3 is 5.11 Å². The molecule has 2 rings (SSSR count). The van der Waals surface area contributed by atoms with Crippen molar-refractivity contribution in [2.45, 2.75) is 0 Å². The summed E-state index contributed by atoms with van der Waals surface area (Å²) in [5.41, 5.74) is 1.41. The van der Waals surface area contributed by atoms with E-state index in [4.69, 9.17) is 51.5 Å². The van der Waals surface area contributed by atoms with E-state index in [1.54, 1.807) is 18.2 Å². The van der Waals surface area contributed by atoms with Gasteiger partial charge in [-0.1, -0.05) is 52.5 Å². The van der Waals surface area contributed by atoms with Crippen molar-refractivity contribution in [2.24, 2.45) is 0 Å². The van der Waals surface area contributed by atoms with Crippen LogP contribution in [0.1, 0.15) is 10.4 Å². The summed E-state index contributed by atoms with van der Waals surface area (Å²) >= 11 is 23.8. The highest BCUT2D eigenvalue weighted by Gasteiger charge is 2.12. The highest BCUT2D eigenvalue weighted by molar-refractivity contribution is 6.48. The first-order chi connectivity index (χ1) is 8.90. The first-order valence-electron chi connectivity index (χ1n) is 5.08. The third kappa shape index (κ3) is 2.98. The maximum Gasteiger partial charge on any atom is 0.335 e. The van der Waals surface area contributed by atoms with Crippen LogP contribution in [0.3, 0.4) is 0 Å². The van der Waals surface area contributed by atoms with Crippen LogP contribution >= 0.6 is 46.4 Å². The van der Waals surface area contributed by atoms with Gasteiger partial charge in [-0.25, -0.2) is 4.79 Å². The fraction of sp³-hybridized carbons (Fsp3) is 0. The molecule has 0 fully saturated rings. The Morgan fingerprint density at radius 1 is 0.895 bits per heavy atom. The lowest BCUT2D eigenvalue weighted by atomic mass is 10.0. The fourth-order valence-electron chi connectivity index (χ4n) is 1.59. The van der Waals surface area contributed by atoms with Crippen LogP contribution in [-0.2, 0) is 0 Å². The zero-order valence-electron chi connectivity index (χ0n) is 9.25. The van der Waals surface area contributed by atoms with Gasteiger partial charge in [0, 0.05) is 10.6 Å². The summed E-state index contributed by atoms with van der Waals surface area (Å²) in [6, 6.07) is 7.67. The second kappa shape index (κ2) is 5.59. The molecule has 0 bridgehead atoms. The summed E-state index contributed by atoms with van der Waals surface area (Å²) in [5, 5.41) is 10.1. The third-order valence-corrected chi connectivity index (χ3v) is 4.02. The molecule has 0 aliphatic rings. The minimum Gasteiger partial charge on any atom is -0.478 e. The predicted octanol–water partition coefficient (Wildman–Crippen LogP) is 5.67. The second-order valence-corrected chi connectivity index (χ2v) is 5.35. The van der Waals surface area contributed by atoms with E-state index in [1.165, 1.54) is 12.1 Å². The summed E-state index contributed by atoms with van der Waals surface area (Å²) < 4.78 is 0. The number of carbonyl (C=O) groups is 1. The summed E-state index contributed by atoms with van der Waals surface area (Å²) in [5.74, 6) is -1.04. The second-order valence-electron chi connectivity index (χ2n) is 3.75. The maximum atomic E-state index is 10.8. The molecule has 0 saturated carbocycles. The minimum atomic E-state index is -1.04. The Hall–Kier alpha value is -0.930. The van der Waals surface area contributed by atoms with Crippen LogP contribution in [0.4, 0.5) is 0 Å². The van der Waals surface area contributed by atoms with E-state index < -0.39 is 5.97 Å². The lowest BCUT2D eigenvalue weighted by Crippen LogP contribution is -1.96. The largest absolute Gasteiger partial charge is 0.478 e. The zero-order valence-corrected chi connectivity index (χ0v) is 12.3. The molecule has 2 aromatic rings. The van der Waals surface area contributed by atoms with Gasteiger partial charge in [0.25, 0.3) is 0 Å². The Labute approximate surface area is 129 Å². The van der Waals surface area contributed by atoms with Crippen molar-refractivity contribution in [3.63, 3.8) is 0 Å². The lowest BCUT2D eigenvalue weighted by Gasteiger charge is -2.08. The van der Waals surface area contributed by atoms with Gasteiger partial charge in [0.2, 0.25) is 0 Å². The van der Waals surface area contributed by atoms with Crippen LogP contribution in [-0.4, -0.2) is 11.1 Å². The Kier molecular flexibility index (Phi) is 4.26. The van der Waals surface area contributed by atoms with Gasteiger partial charge in [-0.2, -0.15) is 0 Å². The van der Waals surface area contributed by atoms with E-state index in [9.17, 15) is 4.79 Å². The molecule has 0 saturated heterocycles. The molecular weight excluding hydrogens is 330 g/mol. The van der Waals surface area contributed by atoms with E-state index in [0.717, 1.165) is 0 Å². The van der Waals surface area contributed by atoms with E-state index >= 15 is 0 Å². The average Bonchev–Trinajstić information content (AvgIpc) is 2.35. The van der Waals surface area contributed by atoms with E-state index in [0.29, 0.717) is 26.2 Å². The number of hydrogen-bond donors (Lipinski definition) is 1. The Morgan fingerprint density at radius 2 is 1.47 bits per heavy atom. The monoisotopic (exact) mass is 334 g/mol. The first kappa shape index (κ1) is 14.5. The molecule has 0 aliphatic carbocycles. The van der Waals surface area contributed by atoms with Crippen molar-refractivity contribution >= 4 is 52.4 Å². The van der Waals surface area contributed by atoms with E-state index in [1.807, 2.05) is 0 Å². The smallest absolute Gasteiger partial charge is 0.335 e. The summed E-state index contributed by atoms with van der Waals surface area (Å²) in [4.78, 5) is 10.8. The van der Waals surface area contributed by atoms with Gasteiger partial charge in [0.15, 0.2) is 0 Å². The number of hydrogen-bond acceptors (Lipinski definition) is 1. The highest BCUT2D eigenvalue weighted by atomic mass is 35.5. The van der Waals surface area contributed by atoms with Gasteiger partial charge in [-0.3, -0.25) is 0 Å². The molecule has 98 valence electrons. The highest BCUT2D eigenvalue weighted by Crippen LogP contribution is 2.37. The van der Waals surface area contributed by atoms with Gasteiger partial charge >= 0.3 is 5.97 Å². The molecule has 0 atom stereocenters. The van der Waals surface area contributed by atoms with Crippen LogP contribution in [0.5, 0.6) is 0 Å². The third-order valence-electron chi connectivity index (χ3n) is 2.51. The molecule has 2 aromatic carbocycles. The summed E-state index contributed by atoms with van der Waals surface area (Å²) in [7, 11) is 0. The number of halogens is 4. The molecule has 0 spiro atoms.